The smallest absolute Gasteiger partial charge is 0.225 e. The van der Waals surface area contributed by atoms with E-state index in [2.05, 4.69) is 20.4 Å². The van der Waals surface area contributed by atoms with Gasteiger partial charge in [0.15, 0.2) is 5.65 Å². The monoisotopic (exact) mass is 441 g/mol. The fraction of sp³-hybridized carbons (Fsp3) is 0.0833. The van der Waals surface area contributed by atoms with Crippen molar-refractivity contribution in [2.75, 3.05) is 11.1 Å². The summed E-state index contributed by atoms with van der Waals surface area (Å²) in [5, 5.41) is 9.34. The number of rotatable bonds is 6. The summed E-state index contributed by atoms with van der Waals surface area (Å²) in [5.74, 6) is 0.989. The van der Waals surface area contributed by atoms with Crippen molar-refractivity contribution in [2.24, 2.45) is 0 Å². The number of pyridine rings is 1. The molecule has 0 spiro atoms. The minimum Gasteiger partial charge on any atom is -0.383 e. The Labute approximate surface area is 189 Å². The normalized spacial score (nSPS) is 11.0. The number of nitrogens with one attached hydrogen (secondary N) is 1. The predicted molar refractivity (Wildman–Crippen MR) is 127 cm³/mol. The zero-order chi connectivity index (χ0) is 21.9. The molecular formula is C24H20ClN7. The molecule has 0 bridgehead atoms. The molecule has 0 aliphatic carbocycles. The Morgan fingerprint density at radius 3 is 2.44 bits per heavy atom. The number of nitrogens with zero attached hydrogens (tertiary/aromatic N) is 5. The first kappa shape index (κ1) is 20.0. The van der Waals surface area contributed by atoms with E-state index in [-0.39, 0.29) is 0 Å². The Kier molecular flexibility index (Phi) is 5.39. The number of nitrogen functional groups attached to an aromatic ring is 1. The van der Waals surface area contributed by atoms with Crippen LogP contribution in [0.5, 0.6) is 0 Å². The average Bonchev–Trinajstić information content (AvgIpc) is 3.14. The molecule has 0 atom stereocenters. The molecule has 3 N–H and O–H groups in total. The van der Waals surface area contributed by atoms with Gasteiger partial charge in [-0.15, -0.1) is 5.10 Å². The number of fused-ring (bicyclic) bond motifs is 1. The van der Waals surface area contributed by atoms with E-state index in [0.717, 1.165) is 22.1 Å². The zero-order valence-corrected chi connectivity index (χ0v) is 17.9. The van der Waals surface area contributed by atoms with Crippen molar-refractivity contribution in [2.45, 2.75) is 13.1 Å². The molecule has 0 aliphatic rings. The fourth-order valence-corrected chi connectivity index (χ4v) is 3.64. The van der Waals surface area contributed by atoms with Gasteiger partial charge in [0, 0.05) is 29.5 Å². The number of benzene rings is 2. The second-order valence-corrected chi connectivity index (χ2v) is 7.78. The van der Waals surface area contributed by atoms with Crippen LogP contribution in [0.1, 0.15) is 11.1 Å². The second kappa shape index (κ2) is 8.64. The lowest BCUT2D eigenvalue weighted by molar-refractivity contribution is 0.703. The standard InChI is InChI=1S/C24H20ClN7/c25-19-10-8-18(9-11-19)21-20-22(26)32(15-16-5-2-1-3-6-16)31-23(20)30-24(29-21)28-14-17-7-4-12-27-13-17/h1-13H,14-15,26H2,(H,28,30,31). The topological polar surface area (TPSA) is 94.5 Å². The first-order valence-electron chi connectivity index (χ1n) is 10.1. The molecule has 0 aliphatic heterocycles. The number of hydrogen-bond acceptors (Lipinski definition) is 6. The highest BCUT2D eigenvalue weighted by molar-refractivity contribution is 6.30. The van der Waals surface area contributed by atoms with E-state index >= 15 is 0 Å². The third-order valence-corrected chi connectivity index (χ3v) is 5.36. The van der Waals surface area contributed by atoms with Gasteiger partial charge in [0.05, 0.1) is 17.6 Å². The lowest BCUT2D eigenvalue weighted by Crippen LogP contribution is -2.05. The van der Waals surface area contributed by atoms with Crippen LogP contribution in [-0.2, 0) is 13.1 Å². The third kappa shape index (κ3) is 4.10. The minimum atomic E-state index is 0.468. The van der Waals surface area contributed by atoms with Crippen molar-refractivity contribution < 1.29 is 0 Å². The van der Waals surface area contributed by atoms with E-state index in [0.29, 0.717) is 41.2 Å². The van der Waals surface area contributed by atoms with Crippen LogP contribution < -0.4 is 11.1 Å². The number of halogens is 1. The summed E-state index contributed by atoms with van der Waals surface area (Å²) in [7, 11) is 0. The Morgan fingerprint density at radius 2 is 1.69 bits per heavy atom. The Morgan fingerprint density at radius 1 is 0.906 bits per heavy atom. The lowest BCUT2D eigenvalue weighted by atomic mass is 10.1. The van der Waals surface area contributed by atoms with E-state index in [1.54, 1.807) is 17.1 Å². The number of nitrogens with two attached hydrogens (primary N) is 1. The summed E-state index contributed by atoms with van der Waals surface area (Å²) >= 11 is 6.10. The lowest BCUT2D eigenvalue weighted by Gasteiger charge is -2.09. The van der Waals surface area contributed by atoms with Gasteiger partial charge in [0.25, 0.3) is 0 Å². The van der Waals surface area contributed by atoms with Crippen molar-refractivity contribution in [3.63, 3.8) is 0 Å². The highest BCUT2D eigenvalue weighted by Crippen LogP contribution is 2.32. The first-order chi connectivity index (χ1) is 15.7. The molecule has 3 aromatic heterocycles. The maximum atomic E-state index is 6.54. The van der Waals surface area contributed by atoms with E-state index in [1.807, 2.05) is 66.7 Å². The molecule has 158 valence electrons. The van der Waals surface area contributed by atoms with Crippen molar-refractivity contribution >= 4 is 34.4 Å². The van der Waals surface area contributed by atoms with Gasteiger partial charge < -0.3 is 11.1 Å². The first-order valence-corrected chi connectivity index (χ1v) is 10.5. The van der Waals surface area contributed by atoms with Gasteiger partial charge in [-0.1, -0.05) is 60.1 Å². The Hall–Kier alpha value is -3.97. The molecule has 7 nitrogen and oxygen atoms in total. The van der Waals surface area contributed by atoms with Gasteiger partial charge in [0.1, 0.15) is 5.82 Å². The summed E-state index contributed by atoms with van der Waals surface area (Å²) in [6.45, 7) is 1.08. The Balaban J connectivity index is 1.58. The van der Waals surface area contributed by atoms with Gasteiger partial charge in [0.2, 0.25) is 5.95 Å². The predicted octanol–water partition coefficient (Wildman–Crippen LogP) is 4.78. The van der Waals surface area contributed by atoms with Crippen molar-refractivity contribution in [3.05, 3.63) is 95.3 Å². The second-order valence-electron chi connectivity index (χ2n) is 7.34. The van der Waals surface area contributed by atoms with Crippen molar-refractivity contribution in [3.8, 4) is 11.3 Å². The van der Waals surface area contributed by atoms with Gasteiger partial charge in [-0.25, -0.2) is 9.67 Å². The van der Waals surface area contributed by atoms with Gasteiger partial charge in [-0.2, -0.15) is 4.98 Å². The average molecular weight is 442 g/mol. The molecular weight excluding hydrogens is 422 g/mol. The van der Waals surface area contributed by atoms with Crippen molar-refractivity contribution in [1.29, 1.82) is 0 Å². The zero-order valence-electron chi connectivity index (χ0n) is 17.1. The summed E-state index contributed by atoms with van der Waals surface area (Å²) in [6, 6.07) is 21.4. The molecule has 0 unspecified atom stereocenters. The SMILES string of the molecule is Nc1c2c(-c3ccc(Cl)cc3)nc(NCc3cccnc3)nc2nn1Cc1ccccc1. The molecule has 0 saturated carbocycles. The van der Waals surface area contributed by atoms with Crippen LogP contribution in [0.2, 0.25) is 5.02 Å². The summed E-state index contributed by atoms with van der Waals surface area (Å²) in [5.41, 5.74) is 10.8. The number of aromatic nitrogens is 5. The van der Waals surface area contributed by atoms with E-state index in [9.17, 15) is 0 Å². The highest BCUT2D eigenvalue weighted by atomic mass is 35.5. The molecule has 0 saturated heterocycles. The summed E-state index contributed by atoms with van der Waals surface area (Å²) < 4.78 is 1.76. The van der Waals surface area contributed by atoms with Crippen molar-refractivity contribution in [1.82, 2.24) is 24.7 Å². The molecule has 0 amide bonds. The summed E-state index contributed by atoms with van der Waals surface area (Å²) in [6.07, 6.45) is 3.55. The van der Waals surface area contributed by atoms with Gasteiger partial charge >= 0.3 is 0 Å². The van der Waals surface area contributed by atoms with E-state index in [4.69, 9.17) is 22.3 Å². The van der Waals surface area contributed by atoms with Crippen LogP contribution in [-0.4, -0.2) is 24.7 Å². The molecule has 0 fully saturated rings. The molecule has 5 rings (SSSR count). The highest BCUT2D eigenvalue weighted by Gasteiger charge is 2.18. The Bertz CT molecular complexity index is 1350. The van der Waals surface area contributed by atoms with Crippen LogP contribution >= 0.6 is 11.6 Å². The van der Waals surface area contributed by atoms with Gasteiger partial charge in [-0.3, -0.25) is 4.98 Å². The molecule has 5 aromatic rings. The van der Waals surface area contributed by atoms with Crippen LogP contribution in [0.3, 0.4) is 0 Å². The molecule has 2 aromatic carbocycles. The third-order valence-electron chi connectivity index (χ3n) is 5.11. The number of anilines is 2. The maximum absolute atomic E-state index is 6.54. The summed E-state index contributed by atoms with van der Waals surface area (Å²) in [4.78, 5) is 13.6. The van der Waals surface area contributed by atoms with Crippen LogP contribution in [0.4, 0.5) is 11.8 Å². The molecule has 32 heavy (non-hydrogen) atoms. The molecule has 3 heterocycles. The minimum absolute atomic E-state index is 0.468. The largest absolute Gasteiger partial charge is 0.383 e. The van der Waals surface area contributed by atoms with E-state index < -0.39 is 0 Å². The van der Waals surface area contributed by atoms with Gasteiger partial charge in [-0.05, 0) is 29.3 Å². The van der Waals surface area contributed by atoms with Crippen LogP contribution in [0.15, 0.2) is 79.1 Å². The maximum Gasteiger partial charge on any atom is 0.225 e. The van der Waals surface area contributed by atoms with E-state index in [1.165, 1.54) is 0 Å². The fourth-order valence-electron chi connectivity index (χ4n) is 3.51. The molecule has 0 radical (unpaired) electrons. The molecule has 8 heteroatoms. The number of hydrogen-bond donors (Lipinski definition) is 2. The van der Waals surface area contributed by atoms with Crippen LogP contribution in [0.25, 0.3) is 22.3 Å². The van der Waals surface area contributed by atoms with Crippen LogP contribution in [0, 0.1) is 0 Å². The quantitative estimate of drug-likeness (QED) is 0.393.